The fourth-order valence-electron chi connectivity index (χ4n) is 3.10. The predicted molar refractivity (Wildman–Crippen MR) is 101 cm³/mol. The SMILES string of the molecule is CN(C)c1ccc(C(F)(F)F)cc1NC(=O)N1CCO[C@H](c2ccccc2)C1. The molecule has 5 nitrogen and oxygen atoms in total. The average molecular weight is 393 g/mol. The first kappa shape index (κ1) is 20.0. The molecule has 0 aromatic heterocycles. The van der Waals surface area contributed by atoms with Crippen LogP contribution >= 0.6 is 0 Å². The largest absolute Gasteiger partial charge is 0.416 e. The summed E-state index contributed by atoms with van der Waals surface area (Å²) in [5, 5.41) is 2.64. The Balaban J connectivity index is 1.78. The van der Waals surface area contributed by atoms with Gasteiger partial charge in [0.1, 0.15) is 6.10 Å². The van der Waals surface area contributed by atoms with Crippen molar-refractivity contribution in [1.29, 1.82) is 0 Å². The second-order valence-electron chi connectivity index (χ2n) is 6.77. The molecule has 2 aromatic carbocycles. The van der Waals surface area contributed by atoms with Gasteiger partial charge in [-0.15, -0.1) is 0 Å². The minimum atomic E-state index is -4.48. The third kappa shape index (κ3) is 4.56. The lowest BCUT2D eigenvalue weighted by molar-refractivity contribution is -0.137. The number of carbonyl (C=O) groups is 1. The molecule has 28 heavy (non-hydrogen) atoms. The maximum Gasteiger partial charge on any atom is 0.416 e. The smallest absolute Gasteiger partial charge is 0.376 e. The molecular formula is C20H22F3N3O2. The van der Waals surface area contributed by atoms with Gasteiger partial charge in [0, 0.05) is 20.6 Å². The number of halogens is 3. The summed E-state index contributed by atoms with van der Waals surface area (Å²) in [5.41, 5.74) is 0.757. The van der Waals surface area contributed by atoms with E-state index in [1.165, 1.54) is 6.07 Å². The second kappa shape index (κ2) is 8.10. The molecule has 150 valence electrons. The van der Waals surface area contributed by atoms with Crippen LogP contribution in [-0.2, 0) is 10.9 Å². The van der Waals surface area contributed by atoms with Crippen LogP contribution in [0.4, 0.5) is 29.3 Å². The van der Waals surface area contributed by atoms with E-state index in [1.54, 1.807) is 23.9 Å². The number of alkyl halides is 3. The van der Waals surface area contributed by atoms with E-state index >= 15 is 0 Å². The van der Waals surface area contributed by atoms with Gasteiger partial charge in [0.25, 0.3) is 0 Å². The minimum absolute atomic E-state index is 0.118. The van der Waals surface area contributed by atoms with Gasteiger partial charge in [-0.3, -0.25) is 0 Å². The van der Waals surface area contributed by atoms with Crippen LogP contribution in [0, 0.1) is 0 Å². The number of hydrogen-bond donors (Lipinski definition) is 1. The quantitative estimate of drug-likeness (QED) is 0.842. The van der Waals surface area contributed by atoms with Crippen molar-refractivity contribution in [2.24, 2.45) is 0 Å². The number of urea groups is 1. The number of morpholine rings is 1. The van der Waals surface area contributed by atoms with Crippen molar-refractivity contribution < 1.29 is 22.7 Å². The van der Waals surface area contributed by atoms with Crippen LogP contribution in [0.3, 0.4) is 0 Å². The lowest BCUT2D eigenvalue weighted by atomic mass is 10.1. The number of carbonyl (C=O) groups excluding carboxylic acids is 1. The Kier molecular flexibility index (Phi) is 5.79. The Morgan fingerprint density at radius 1 is 1.18 bits per heavy atom. The second-order valence-corrected chi connectivity index (χ2v) is 6.77. The summed E-state index contributed by atoms with van der Waals surface area (Å²) in [6.07, 6.45) is -4.75. The molecule has 0 saturated carbocycles. The number of hydrogen-bond acceptors (Lipinski definition) is 3. The highest BCUT2D eigenvalue weighted by Gasteiger charge is 2.32. The van der Waals surface area contributed by atoms with Crippen LogP contribution in [0.25, 0.3) is 0 Å². The first-order valence-electron chi connectivity index (χ1n) is 8.87. The number of nitrogens with zero attached hydrogens (tertiary/aromatic N) is 2. The van der Waals surface area contributed by atoms with E-state index in [2.05, 4.69) is 5.32 Å². The molecule has 1 atom stereocenters. The van der Waals surface area contributed by atoms with E-state index in [4.69, 9.17) is 4.74 Å². The average Bonchev–Trinajstić information content (AvgIpc) is 2.68. The Bertz CT molecular complexity index is 825. The zero-order chi connectivity index (χ0) is 20.3. The Morgan fingerprint density at radius 3 is 2.54 bits per heavy atom. The molecule has 0 radical (unpaired) electrons. The highest BCUT2D eigenvalue weighted by atomic mass is 19.4. The molecule has 1 N–H and O–H groups in total. The number of nitrogens with one attached hydrogen (secondary N) is 1. The Hall–Kier alpha value is -2.74. The predicted octanol–water partition coefficient (Wildman–Crippen LogP) is 4.38. The zero-order valence-electron chi connectivity index (χ0n) is 15.7. The highest BCUT2D eigenvalue weighted by molar-refractivity contribution is 5.93. The van der Waals surface area contributed by atoms with E-state index in [0.29, 0.717) is 25.4 Å². The van der Waals surface area contributed by atoms with Crippen LogP contribution in [0.15, 0.2) is 48.5 Å². The first-order valence-corrected chi connectivity index (χ1v) is 8.87. The molecule has 1 aliphatic heterocycles. The molecule has 1 heterocycles. The standard InChI is InChI=1S/C20H22F3N3O2/c1-25(2)17-9-8-15(20(21,22)23)12-16(17)24-19(27)26-10-11-28-18(13-26)14-6-4-3-5-7-14/h3-9,12,18H,10-11,13H2,1-2H3,(H,24,27)/t18-/m0/s1. The van der Waals surface area contributed by atoms with E-state index in [9.17, 15) is 18.0 Å². The lowest BCUT2D eigenvalue weighted by Crippen LogP contribution is -2.44. The van der Waals surface area contributed by atoms with Crippen molar-refractivity contribution in [1.82, 2.24) is 4.90 Å². The zero-order valence-corrected chi connectivity index (χ0v) is 15.7. The van der Waals surface area contributed by atoms with Crippen molar-refractivity contribution in [2.45, 2.75) is 12.3 Å². The van der Waals surface area contributed by atoms with Gasteiger partial charge < -0.3 is 19.9 Å². The fourth-order valence-corrected chi connectivity index (χ4v) is 3.10. The Morgan fingerprint density at radius 2 is 1.89 bits per heavy atom. The van der Waals surface area contributed by atoms with Gasteiger partial charge in [-0.05, 0) is 23.8 Å². The summed E-state index contributed by atoms with van der Waals surface area (Å²) in [5.74, 6) is 0. The molecule has 3 rings (SSSR count). The molecule has 1 fully saturated rings. The normalized spacial score (nSPS) is 17.3. The van der Waals surface area contributed by atoms with Crippen LogP contribution in [0.2, 0.25) is 0 Å². The number of rotatable bonds is 3. The molecule has 1 saturated heterocycles. The van der Waals surface area contributed by atoms with E-state index < -0.39 is 17.8 Å². The van der Waals surface area contributed by atoms with Gasteiger partial charge in [0.15, 0.2) is 0 Å². The maximum absolute atomic E-state index is 13.1. The summed E-state index contributed by atoms with van der Waals surface area (Å²) in [6, 6.07) is 12.4. The van der Waals surface area contributed by atoms with Crippen LogP contribution in [0.5, 0.6) is 0 Å². The number of ether oxygens (including phenoxy) is 1. The van der Waals surface area contributed by atoms with Crippen molar-refractivity contribution >= 4 is 17.4 Å². The van der Waals surface area contributed by atoms with Gasteiger partial charge in [-0.2, -0.15) is 13.2 Å². The fraction of sp³-hybridized carbons (Fsp3) is 0.350. The molecule has 0 aliphatic carbocycles. The van der Waals surface area contributed by atoms with Gasteiger partial charge in [0.05, 0.1) is 30.1 Å². The summed E-state index contributed by atoms with van der Waals surface area (Å²) in [4.78, 5) is 16.0. The third-order valence-electron chi connectivity index (χ3n) is 4.57. The lowest BCUT2D eigenvalue weighted by Gasteiger charge is -2.33. The third-order valence-corrected chi connectivity index (χ3v) is 4.57. The molecule has 0 spiro atoms. The molecule has 2 aromatic rings. The maximum atomic E-state index is 13.1. The van der Waals surface area contributed by atoms with Gasteiger partial charge in [-0.25, -0.2) is 4.79 Å². The molecule has 0 unspecified atom stereocenters. The van der Waals surface area contributed by atoms with Crippen molar-refractivity contribution in [2.75, 3.05) is 44.0 Å². The van der Waals surface area contributed by atoms with Gasteiger partial charge >= 0.3 is 12.2 Å². The molecule has 2 amide bonds. The summed E-state index contributed by atoms with van der Waals surface area (Å²) >= 11 is 0. The van der Waals surface area contributed by atoms with Crippen molar-refractivity contribution in [3.05, 3.63) is 59.7 Å². The topological polar surface area (TPSA) is 44.8 Å². The van der Waals surface area contributed by atoms with E-state index in [1.807, 2.05) is 30.3 Å². The number of anilines is 2. The van der Waals surface area contributed by atoms with Crippen LogP contribution in [0.1, 0.15) is 17.2 Å². The van der Waals surface area contributed by atoms with Crippen molar-refractivity contribution in [3.8, 4) is 0 Å². The van der Waals surface area contributed by atoms with Crippen LogP contribution < -0.4 is 10.2 Å². The summed E-state index contributed by atoms with van der Waals surface area (Å²) in [7, 11) is 3.41. The summed E-state index contributed by atoms with van der Waals surface area (Å²) in [6.45, 7) is 1.05. The highest BCUT2D eigenvalue weighted by Crippen LogP contribution is 2.35. The monoisotopic (exact) mass is 393 g/mol. The minimum Gasteiger partial charge on any atom is -0.376 e. The molecule has 0 bridgehead atoms. The summed E-state index contributed by atoms with van der Waals surface area (Å²) < 4.78 is 45.0. The van der Waals surface area contributed by atoms with E-state index in [-0.39, 0.29) is 11.8 Å². The van der Waals surface area contributed by atoms with Gasteiger partial charge in [0.2, 0.25) is 0 Å². The van der Waals surface area contributed by atoms with E-state index in [0.717, 1.165) is 17.7 Å². The van der Waals surface area contributed by atoms with Crippen LogP contribution in [-0.4, -0.2) is 44.7 Å². The Labute approximate surface area is 161 Å². The molecule has 8 heteroatoms. The first-order chi connectivity index (χ1) is 13.3. The molecule has 1 aliphatic rings. The number of benzene rings is 2. The van der Waals surface area contributed by atoms with Crippen molar-refractivity contribution in [3.63, 3.8) is 0 Å². The molecular weight excluding hydrogens is 371 g/mol. The van der Waals surface area contributed by atoms with Gasteiger partial charge in [-0.1, -0.05) is 30.3 Å². The number of amides is 2.